The number of fused-ring (bicyclic) bond motifs is 1. The number of carbonyl (C=O) groups is 2. The van der Waals surface area contributed by atoms with E-state index in [4.69, 9.17) is 0 Å². The predicted octanol–water partition coefficient (Wildman–Crippen LogP) is 1.36. The summed E-state index contributed by atoms with van der Waals surface area (Å²) in [6.07, 6.45) is 3.54. The summed E-state index contributed by atoms with van der Waals surface area (Å²) in [5, 5.41) is 3.09. The van der Waals surface area contributed by atoms with E-state index >= 15 is 0 Å². The standard InChI is InChI=1S/C20H25N5O2/c1-23-11-12-25-14-17(22-18(25)20(23)27)19(26)21-16-7-9-24(10-8-16)13-15-5-3-2-4-6-15/h2-6,14,16H,7-13H2,1H3,(H,21,26). The first kappa shape index (κ1) is 17.7. The second-order valence-electron chi connectivity index (χ2n) is 7.38. The Bertz CT molecular complexity index is 824. The molecule has 1 aromatic carbocycles. The van der Waals surface area contributed by atoms with Gasteiger partial charge in [0, 0.05) is 52.0 Å². The zero-order valence-electron chi connectivity index (χ0n) is 15.6. The summed E-state index contributed by atoms with van der Waals surface area (Å²) in [7, 11) is 1.75. The maximum absolute atomic E-state index is 12.6. The van der Waals surface area contributed by atoms with Crippen molar-refractivity contribution in [3.8, 4) is 0 Å². The maximum atomic E-state index is 12.6. The van der Waals surface area contributed by atoms with Crippen molar-refractivity contribution >= 4 is 11.8 Å². The van der Waals surface area contributed by atoms with E-state index in [1.807, 2.05) is 6.07 Å². The molecule has 0 bridgehead atoms. The van der Waals surface area contributed by atoms with Gasteiger partial charge in [-0.1, -0.05) is 30.3 Å². The number of nitrogens with zero attached hydrogens (tertiary/aromatic N) is 4. The number of hydrogen-bond acceptors (Lipinski definition) is 4. The number of piperidine rings is 1. The number of amides is 2. The minimum atomic E-state index is -0.186. The lowest BCUT2D eigenvalue weighted by molar-refractivity contribution is 0.0741. The highest BCUT2D eigenvalue weighted by molar-refractivity contribution is 5.96. The molecule has 1 fully saturated rings. The van der Waals surface area contributed by atoms with Crippen LogP contribution in [0.1, 0.15) is 39.5 Å². The maximum Gasteiger partial charge on any atom is 0.289 e. The molecule has 0 saturated carbocycles. The van der Waals surface area contributed by atoms with Gasteiger partial charge in [0.2, 0.25) is 0 Å². The molecule has 2 aliphatic rings. The van der Waals surface area contributed by atoms with E-state index < -0.39 is 0 Å². The van der Waals surface area contributed by atoms with Gasteiger partial charge in [0.1, 0.15) is 5.69 Å². The average molecular weight is 367 g/mol. The fourth-order valence-corrected chi connectivity index (χ4v) is 3.73. The third kappa shape index (κ3) is 3.88. The monoisotopic (exact) mass is 367 g/mol. The quantitative estimate of drug-likeness (QED) is 0.886. The molecule has 142 valence electrons. The SMILES string of the molecule is CN1CCn2cc(C(=O)NC3CCN(Cc4ccccc4)CC3)nc2C1=O. The lowest BCUT2D eigenvalue weighted by Gasteiger charge is -2.32. The Labute approximate surface area is 159 Å². The molecular formula is C20H25N5O2. The number of imidazole rings is 1. The van der Waals surface area contributed by atoms with Crippen LogP contribution >= 0.6 is 0 Å². The summed E-state index contributed by atoms with van der Waals surface area (Å²) in [6.45, 7) is 4.19. The lowest BCUT2D eigenvalue weighted by atomic mass is 10.0. The number of hydrogen-bond donors (Lipinski definition) is 1. The van der Waals surface area contributed by atoms with Crippen LogP contribution in [0.4, 0.5) is 0 Å². The van der Waals surface area contributed by atoms with Crippen LogP contribution in [0.15, 0.2) is 36.5 Å². The van der Waals surface area contributed by atoms with Gasteiger partial charge in [-0.3, -0.25) is 14.5 Å². The third-order valence-electron chi connectivity index (χ3n) is 5.40. The zero-order chi connectivity index (χ0) is 18.8. The van der Waals surface area contributed by atoms with Gasteiger partial charge in [0.05, 0.1) is 0 Å². The summed E-state index contributed by atoms with van der Waals surface area (Å²) < 4.78 is 1.78. The molecule has 2 aliphatic heterocycles. The van der Waals surface area contributed by atoms with E-state index in [0.29, 0.717) is 24.6 Å². The summed E-state index contributed by atoms with van der Waals surface area (Å²) in [5.41, 5.74) is 1.65. The molecule has 7 heteroatoms. The number of benzene rings is 1. The topological polar surface area (TPSA) is 70.5 Å². The highest BCUT2D eigenvalue weighted by atomic mass is 16.2. The molecule has 1 saturated heterocycles. The lowest BCUT2D eigenvalue weighted by Crippen LogP contribution is -2.44. The van der Waals surface area contributed by atoms with Crippen LogP contribution in [0, 0.1) is 0 Å². The van der Waals surface area contributed by atoms with Gasteiger partial charge < -0.3 is 14.8 Å². The first-order valence-corrected chi connectivity index (χ1v) is 9.50. The third-order valence-corrected chi connectivity index (χ3v) is 5.40. The van der Waals surface area contributed by atoms with Crippen LogP contribution in [0.3, 0.4) is 0 Å². The number of aromatic nitrogens is 2. The van der Waals surface area contributed by atoms with Crippen molar-refractivity contribution in [2.75, 3.05) is 26.7 Å². The van der Waals surface area contributed by atoms with E-state index in [-0.39, 0.29) is 17.9 Å². The summed E-state index contributed by atoms with van der Waals surface area (Å²) in [4.78, 5) is 33.0. The fourth-order valence-electron chi connectivity index (χ4n) is 3.73. The molecule has 1 aromatic heterocycles. The summed E-state index contributed by atoms with van der Waals surface area (Å²) in [6, 6.07) is 10.6. The van der Waals surface area contributed by atoms with Gasteiger partial charge in [-0.2, -0.15) is 0 Å². The highest BCUT2D eigenvalue weighted by Gasteiger charge is 2.27. The second kappa shape index (κ2) is 7.52. The molecule has 27 heavy (non-hydrogen) atoms. The Hall–Kier alpha value is -2.67. The van der Waals surface area contributed by atoms with Crippen molar-refractivity contribution in [3.05, 3.63) is 53.6 Å². The molecule has 0 radical (unpaired) electrons. The van der Waals surface area contributed by atoms with E-state index in [9.17, 15) is 9.59 Å². The Morgan fingerprint density at radius 3 is 2.63 bits per heavy atom. The second-order valence-corrected chi connectivity index (χ2v) is 7.38. The first-order valence-electron chi connectivity index (χ1n) is 9.50. The largest absolute Gasteiger partial charge is 0.348 e. The van der Waals surface area contributed by atoms with E-state index in [0.717, 1.165) is 32.5 Å². The van der Waals surface area contributed by atoms with E-state index in [1.54, 1.807) is 22.7 Å². The predicted molar refractivity (Wildman–Crippen MR) is 101 cm³/mol. The Kier molecular flexibility index (Phi) is 4.94. The van der Waals surface area contributed by atoms with Gasteiger partial charge in [-0.15, -0.1) is 0 Å². The van der Waals surface area contributed by atoms with Gasteiger partial charge in [-0.25, -0.2) is 4.98 Å². The van der Waals surface area contributed by atoms with Crippen molar-refractivity contribution in [2.45, 2.75) is 32.0 Å². The minimum Gasteiger partial charge on any atom is -0.348 e. The molecule has 0 unspecified atom stereocenters. The molecule has 4 rings (SSSR count). The van der Waals surface area contributed by atoms with Crippen molar-refractivity contribution in [1.82, 2.24) is 24.7 Å². The number of carbonyl (C=O) groups excluding carboxylic acids is 2. The van der Waals surface area contributed by atoms with E-state index in [2.05, 4.69) is 39.5 Å². The smallest absolute Gasteiger partial charge is 0.289 e. The van der Waals surface area contributed by atoms with Crippen molar-refractivity contribution < 1.29 is 9.59 Å². The van der Waals surface area contributed by atoms with Crippen LogP contribution in [-0.4, -0.2) is 63.9 Å². The summed E-state index contributed by atoms with van der Waals surface area (Å²) in [5.74, 6) is 0.0370. The number of nitrogens with one attached hydrogen (secondary N) is 1. The van der Waals surface area contributed by atoms with Gasteiger partial charge >= 0.3 is 0 Å². The van der Waals surface area contributed by atoms with Crippen LogP contribution < -0.4 is 5.32 Å². The normalized spacial score (nSPS) is 18.4. The van der Waals surface area contributed by atoms with Crippen molar-refractivity contribution in [1.29, 1.82) is 0 Å². The molecular weight excluding hydrogens is 342 g/mol. The van der Waals surface area contributed by atoms with Crippen molar-refractivity contribution in [2.24, 2.45) is 0 Å². The van der Waals surface area contributed by atoms with Crippen LogP contribution in [-0.2, 0) is 13.1 Å². The Balaban J connectivity index is 1.31. The van der Waals surface area contributed by atoms with Gasteiger partial charge in [0.25, 0.3) is 11.8 Å². The number of rotatable bonds is 4. The van der Waals surface area contributed by atoms with Crippen LogP contribution in [0.5, 0.6) is 0 Å². The average Bonchev–Trinajstić information content (AvgIpc) is 3.12. The molecule has 0 aliphatic carbocycles. The molecule has 0 atom stereocenters. The van der Waals surface area contributed by atoms with Gasteiger partial charge in [-0.05, 0) is 18.4 Å². The Morgan fingerprint density at radius 2 is 1.89 bits per heavy atom. The van der Waals surface area contributed by atoms with Gasteiger partial charge in [0.15, 0.2) is 5.82 Å². The number of likely N-dealkylation sites (N-methyl/N-ethyl adjacent to an activating group) is 1. The fraction of sp³-hybridized carbons (Fsp3) is 0.450. The van der Waals surface area contributed by atoms with E-state index in [1.165, 1.54) is 5.56 Å². The molecule has 2 aromatic rings. The molecule has 2 amide bonds. The zero-order valence-corrected chi connectivity index (χ0v) is 15.6. The molecule has 1 N–H and O–H groups in total. The molecule has 7 nitrogen and oxygen atoms in total. The number of likely N-dealkylation sites (tertiary alicyclic amines) is 1. The first-order chi connectivity index (χ1) is 13.1. The minimum absolute atomic E-state index is 0.130. The molecule has 0 spiro atoms. The summed E-state index contributed by atoms with van der Waals surface area (Å²) >= 11 is 0. The highest BCUT2D eigenvalue weighted by Crippen LogP contribution is 2.15. The van der Waals surface area contributed by atoms with Crippen LogP contribution in [0.25, 0.3) is 0 Å². The van der Waals surface area contributed by atoms with Crippen molar-refractivity contribution in [3.63, 3.8) is 0 Å². The Morgan fingerprint density at radius 1 is 1.15 bits per heavy atom. The molecule has 3 heterocycles. The van der Waals surface area contributed by atoms with Crippen LogP contribution in [0.2, 0.25) is 0 Å².